The topological polar surface area (TPSA) is 188 Å². The third-order valence-electron chi connectivity index (χ3n) is 4.99. The van der Waals surface area contributed by atoms with Crippen molar-refractivity contribution in [2.45, 2.75) is 70.6 Å². The molecule has 0 aliphatic heterocycles. The van der Waals surface area contributed by atoms with Gasteiger partial charge in [-0.3, -0.25) is 19.2 Å². The molecular weight excluding hydrogens is 444 g/mol. The van der Waals surface area contributed by atoms with Crippen LogP contribution in [-0.4, -0.2) is 64.0 Å². The Morgan fingerprint density at radius 3 is 1.97 bits per heavy atom. The van der Waals surface area contributed by atoms with Crippen LogP contribution in [0.5, 0.6) is 0 Å². The summed E-state index contributed by atoms with van der Waals surface area (Å²) in [5, 5.41) is 25.2. The molecule has 1 rings (SSSR count). The number of carbonyl (C=O) groups is 5. The van der Waals surface area contributed by atoms with Gasteiger partial charge < -0.3 is 31.9 Å². The van der Waals surface area contributed by atoms with Crippen molar-refractivity contribution in [3.63, 3.8) is 0 Å². The summed E-state index contributed by atoms with van der Waals surface area (Å²) < 4.78 is 0. The predicted molar refractivity (Wildman–Crippen MR) is 124 cm³/mol. The normalized spacial score (nSPS) is 14.4. The maximum Gasteiger partial charge on any atom is 0.326 e. The number of hydrogen-bond donors (Lipinski definition) is 6. The highest BCUT2D eigenvalue weighted by molar-refractivity contribution is 5.94. The third-order valence-corrected chi connectivity index (χ3v) is 4.99. The number of carboxylic acid groups (broad SMARTS) is 2. The first-order chi connectivity index (χ1) is 15.9. The molecule has 0 fully saturated rings. The van der Waals surface area contributed by atoms with Gasteiger partial charge in [0.2, 0.25) is 17.7 Å². The van der Waals surface area contributed by atoms with E-state index in [2.05, 4.69) is 16.0 Å². The van der Waals surface area contributed by atoms with E-state index >= 15 is 0 Å². The molecule has 1 aromatic carbocycles. The summed E-state index contributed by atoms with van der Waals surface area (Å²) in [6.07, 6.45) is -0.166. The second-order valence-electron chi connectivity index (χ2n) is 8.55. The summed E-state index contributed by atoms with van der Waals surface area (Å²) in [5.41, 5.74) is 6.88. The average molecular weight is 479 g/mol. The Balaban J connectivity index is 2.75. The molecule has 11 nitrogen and oxygen atoms in total. The number of rotatable bonds is 14. The first-order valence-corrected chi connectivity index (χ1v) is 11.1. The van der Waals surface area contributed by atoms with E-state index in [-0.39, 0.29) is 18.8 Å². The molecule has 3 amide bonds. The maximum absolute atomic E-state index is 12.8. The number of aliphatic carboxylic acids is 2. The lowest BCUT2D eigenvalue weighted by Gasteiger charge is -2.24. The first-order valence-electron chi connectivity index (χ1n) is 11.1. The van der Waals surface area contributed by atoms with Crippen molar-refractivity contribution in [1.29, 1.82) is 0 Å². The lowest BCUT2D eigenvalue weighted by atomic mass is 10.0. The van der Waals surface area contributed by atoms with Gasteiger partial charge in [-0.15, -0.1) is 0 Å². The number of carbonyl (C=O) groups excluding carboxylic acids is 3. The van der Waals surface area contributed by atoms with Gasteiger partial charge in [0.1, 0.15) is 18.1 Å². The molecule has 0 spiro atoms. The zero-order chi connectivity index (χ0) is 25.8. The Hall–Kier alpha value is -3.47. The molecule has 188 valence electrons. The van der Waals surface area contributed by atoms with Crippen LogP contribution in [0.3, 0.4) is 0 Å². The van der Waals surface area contributed by atoms with Crippen LogP contribution < -0.4 is 21.7 Å². The van der Waals surface area contributed by atoms with Gasteiger partial charge in [-0.2, -0.15) is 0 Å². The van der Waals surface area contributed by atoms with Crippen molar-refractivity contribution in [1.82, 2.24) is 16.0 Å². The molecule has 0 aliphatic carbocycles. The lowest BCUT2D eigenvalue weighted by Crippen LogP contribution is -2.56. The highest BCUT2D eigenvalue weighted by Gasteiger charge is 2.29. The number of carboxylic acids is 2. The van der Waals surface area contributed by atoms with Gasteiger partial charge in [0, 0.05) is 6.42 Å². The Morgan fingerprint density at radius 1 is 0.853 bits per heavy atom. The van der Waals surface area contributed by atoms with Gasteiger partial charge in [0.15, 0.2) is 0 Å². The summed E-state index contributed by atoms with van der Waals surface area (Å²) in [6.45, 7) is 5.09. The van der Waals surface area contributed by atoms with Crippen molar-refractivity contribution < 1.29 is 34.2 Å². The molecule has 0 heterocycles. The smallest absolute Gasteiger partial charge is 0.326 e. The first kappa shape index (κ1) is 28.6. The number of hydrogen-bond acceptors (Lipinski definition) is 6. The SMILES string of the molecule is CC(C)CC(NC(=O)C(N)Cc1ccccc1)C(=O)NC(C)C(=O)NC(CCC(=O)O)C(=O)O. The fourth-order valence-corrected chi connectivity index (χ4v) is 3.14. The zero-order valence-corrected chi connectivity index (χ0v) is 19.6. The fraction of sp³-hybridized carbons (Fsp3) is 0.522. The lowest BCUT2D eigenvalue weighted by molar-refractivity contribution is -0.143. The molecule has 34 heavy (non-hydrogen) atoms. The van der Waals surface area contributed by atoms with Gasteiger partial charge in [0.05, 0.1) is 6.04 Å². The van der Waals surface area contributed by atoms with Crippen molar-refractivity contribution >= 4 is 29.7 Å². The van der Waals surface area contributed by atoms with Gasteiger partial charge in [0.25, 0.3) is 0 Å². The summed E-state index contributed by atoms with van der Waals surface area (Å²) in [7, 11) is 0. The Labute approximate surface area is 198 Å². The molecule has 0 radical (unpaired) electrons. The van der Waals surface area contributed by atoms with Gasteiger partial charge in [-0.25, -0.2) is 4.79 Å². The fourth-order valence-electron chi connectivity index (χ4n) is 3.14. The van der Waals surface area contributed by atoms with E-state index in [0.717, 1.165) is 5.56 Å². The van der Waals surface area contributed by atoms with Crippen molar-refractivity contribution in [2.75, 3.05) is 0 Å². The molecule has 1 aromatic rings. The molecule has 7 N–H and O–H groups in total. The van der Waals surface area contributed by atoms with E-state index in [1.807, 2.05) is 44.2 Å². The standard InChI is InChI=1S/C23H34N4O7/c1-13(2)11-18(27-21(31)16(24)12-15-7-5-4-6-8-15)22(32)25-14(3)20(30)26-17(23(33)34)9-10-19(28)29/h4-8,13-14,16-18H,9-12,24H2,1-3H3,(H,25,32)(H,26,30)(H,27,31)(H,28,29)(H,33,34). The number of amides is 3. The molecule has 0 aliphatic rings. The molecule has 0 saturated carbocycles. The van der Waals surface area contributed by atoms with E-state index in [4.69, 9.17) is 10.8 Å². The second-order valence-corrected chi connectivity index (χ2v) is 8.55. The minimum atomic E-state index is -1.41. The summed E-state index contributed by atoms with van der Waals surface area (Å²) >= 11 is 0. The van der Waals surface area contributed by atoms with Crippen LogP contribution in [0.1, 0.15) is 45.6 Å². The minimum absolute atomic E-state index is 0.0398. The largest absolute Gasteiger partial charge is 0.481 e. The van der Waals surface area contributed by atoms with Crippen LogP contribution in [-0.2, 0) is 30.4 Å². The second kappa shape index (κ2) is 13.9. The summed E-state index contributed by atoms with van der Waals surface area (Å²) in [6, 6.07) is 4.83. The Kier molecular flexibility index (Phi) is 11.7. The predicted octanol–water partition coefficient (Wildman–Crippen LogP) is 0.0262. The Morgan fingerprint density at radius 2 is 1.44 bits per heavy atom. The van der Waals surface area contributed by atoms with Crippen LogP contribution in [0.4, 0.5) is 0 Å². The minimum Gasteiger partial charge on any atom is -0.481 e. The van der Waals surface area contributed by atoms with E-state index in [0.29, 0.717) is 6.42 Å². The molecule has 4 unspecified atom stereocenters. The molecule has 4 atom stereocenters. The molecule has 0 aromatic heterocycles. The average Bonchev–Trinajstić information content (AvgIpc) is 2.75. The molecule has 0 bridgehead atoms. The Bertz CT molecular complexity index is 860. The molecular formula is C23H34N4O7. The van der Waals surface area contributed by atoms with Crippen LogP contribution in [0.15, 0.2) is 30.3 Å². The van der Waals surface area contributed by atoms with E-state index in [9.17, 15) is 29.1 Å². The van der Waals surface area contributed by atoms with Gasteiger partial charge >= 0.3 is 11.9 Å². The third kappa shape index (κ3) is 10.4. The quantitative estimate of drug-likeness (QED) is 0.216. The van der Waals surface area contributed by atoms with Crippen LogP contribution in [0, 0.1) is 5.92 Å². The molecule has 0 saturated heterocycles. The van der Waals surface area contributed by atoms with E-state index < -0.39 is 60.2 Å². The monoisotopic (exact) mass is 478 g/mol. The summed E-state index contributed by atoms with van der Waals surface area (Å²) in [5.74, 6) is -4.46. The van der Waals surface area contributed by atoms with E-state index in [1.54, 1.807) is 0 Å². The highest BCUT2D eigenvalue weighted by atomic mass is 16.4. The van der Waals surface area contributed by atoms with Crippen molar-refractivity contribution in [3.8, 4) is 0 Å². The zero-order valence-electron chi connectivity index (χ0n) is 19.6. The van der Waals surface area contributed by atoms with Crippen LogP contribution in [0.25, 0.3) is 0 Å². The maximum atomic E-state index is 12.8. The van der Waals surface area contributed by atoms with Gasteiger partial charge in [-0.1, -0.05) is 44.2 Å². The van der Waals surface area contributed by atoms with Crippen LogP contribution in [0.2, 0.25) is 0 Å². The van der Waals surface area contributed by atoms with Crippen LogP contribution >= 0.6 is 0 Å². The van der Waals surface area contributed by atoms with Gasteiger partial charge in [-0.05, 0) is 37.7 Å². The number of nitrogens with two attached hydrogens (primary N) is 1. The number of nitrogens with one attached hydrogen (secondary N) is 3. The van der Waals surface area contributed by atoms with Crippen molar-refractivity contribution in [3.05, 3.63) is 35.9 Å². The highest BCUT2D eigenvalue weighted by Crippen LogP contribution is 2.08. The number of benzene rings is 1. The summed E-state index contributed by atoms with van der Waals surface area (Å²) in [4.78, 5) is 59.7. The van der Waals surface area contributed by atoms with Crippen molar-refractivity contribution in [2.24, 2.45) is 11.7 Å². The molecule has 11 heteroatoms. The van der Waals surface area contributed by atoms with E-state index in [1.165, 1.54) is 6.92 Å².